The van der Waals surface area contributed by atoms with Crippen molar-refractivity contribution in [2.24, 2.45) is 5.73 Å². The predicted molar refractivity (Wildman–Crippen MR) is 67.4 cm³/mol. The molecule has 0 spiro atoms. The lowest BCUT2D eigenvalue weighted by Crippen LogP contribution is -2.02. The molecule has 0 bridgehead atoms. The summed E-state index contributed by atoms with van der Waals surface area (Å²) in [5.74, 6) is -1.94. The smallest absolute Gasteiger partial charge is 0.314 e. The summed E-state index contributed by atoms with van der Waals surface area (Å²) in [6.07, 6.45) is 0. The predicted octanol–water partition coefficient (Wildman–Crippen LogP) is 3.12. The molecule has 0 saturated heterocycles. The molecule has 104 valence electrons. The molecule has 0 radical (unpaired) electrons. The molecule has 0 aliphatic heterocycles. The maximum absolute atomic E-state index is 13.7. The van der Waals surface area contributed by atoms with Gasteiger partial charge in [-0.3, -0.25) is 10.1 Å². The van der Waals surface area contributed by atoms with Gasteiger partial charge in [-0.1, -0.05) is 12.1 Å². The van der Waals surface area contributed by atoms with Gasteiger partial charge in [0.05, 0.1) is 11.0 Å². The number of ether oxygens (including phenoxy) is 1. The Balaban J connectivity index is 2.48. The molecular weight excluding hydrogens is 270 g/mol. The van der Waals surface area contributed by atoms with E-state index in [0.717, 1.165) is 18.2 Å². The van der Waals surface area contributed by atoms with Gasteiger partial charge in [-0.2, -0.15) is 0 Å². The van der Waals surface area contributed by atoms with Crippen molar-refractivity contribution >= 4 is 5.69 Å². The first kappa shape index (κ1) is 13.9. The van der Waals surface area contributed by atoms with Crippen molar-refractivity contribution < 1.29 is 18.4 Å². The van der Waals surface area contributed by atoms with E-state index in [1.807, 2.05) is 0 Å². The van der Waals surface area contributed by atoms with Crippen LogP contribution in [0.4, 0.5) is 14.5 Å². The second-order valence-electron chi connectivity index (χ2n) is 3.90. The van der Waals surface area contributed by atoms with Crippen LogP contribution >= 0.6 is 0 Å². The molecule has 0 aliphatic carbocycles. The van der Waals surface area contributed by atoms with Crippen LogP contribution < -0.4 is 10.5 Å². The van der Waals surface area contributed by atoms with E-state index in [2.05, 4.69) is 0 Å². The summed E-state index contributed by atoms with van der Waals surface area (Å²) in [5, 5.41) is 10.8. The Hall–Kier alpha value is -2.54. The minimum Gasteiger partial charge on any atom is -0.447 e. The Morgan fingerprint density at radius 1 is 1.25 bits per heavy atom. The Bertz CT molecular complexity index is 662. The van der Waals surface area contributed by atoms with E-state index in [4.69, 9.17) is 10.5 Å². The van der Waals surface area contributed by atoms with Crippen molar-refractivity contribution in [2.75, 3.05) is 0 Å². The average Bonchev–Trinajstić information content (AvgIpc) is 2.42. The fraction of sp³-hybridized carbons (Fsp3) is 0.0769. The third-order valence-electron chi connectivity index (χ3n) is 2.60. The third-order valence-corrected chi connectivity index (χ3v) is 2.60. The number of nitro groups is 1. The largest absolute Gasteiger partial charge is 0.447 e. The topological polar surface area (TPSA) is 78.4 Å². The SMILES string of the molecule is NCc1cccc(F)c1Oc1ccc(F)cc1[N+](=O)[O-]. The Morgan fingerprint density at radius 2 is 2.00 bits per heavy atom. The van der Waals surface area contributed by atoms with Crippen LogP contribution in [0.25, 0.3) is 0 Å². The molecular formula is C13H10F2N2O3. The zero-order chi connectivity index (χ0) is 14.7. The van der Waals surface area contributed by atoms with Gasteiger partial charge in [-0.05, 0) is 18.2 Å². The zero-order valence-corrected chi connectivity index (χ0v) is 10.2. The number of hydrogen-bond acceptors (Lipinski definition) is 4. The second kappa shape index (κ2) is 5.62. The lowest BCUT2D eigenvalue weighted by atomic mass is 10.2. The van der Waals surface area contributed by atoms with Gasteiger partial charge in [0.25, 0.3) is 0 Å². The summed E-state index contributed by atoms with van der Waals surface area (Å²) in [5.41, 5.74) is 5.22. The molecule has 0 aromatic heterocycles. The highest BCUT2D eigenvalue weighted by molar-refractivity contribution is 5.50. The van der Waals surface area contributed by atoms with Crippen molar-refractivity contribution in [3.63, 3.8) is 0 Å². The quantitative estimate of drug-likeness (QED) is 0.689. The van der Waals surface area contributed by atoms with Crippen molar-refractivity contribution in [3.05, 3.63) is 63.7 Å². The van der Waals surface area contributed by atoms with Crippen LogP contribution in [0.3, 0.4) is 0 Å². The van der Waals surface area contributed by atoms with Gasteiger partial charge in [0.15, 0.2) is 11.6 Å². The van der Waals surface area contributed by atoms with Crippen LogP contribution in [0.5, 0.6) is 11.5 Å². The Kier molecular flexibility index (Phi) is 3.90. The lowest BCUT2D eigenvalue weighted by Gasteiger charge is -2.11. The molecule has 5 nitrogen and oxygen atoms in total. The van der Waals surface area contributed by atoms with Gasteiger partial charge in [-0.15, -0.1) is 0 Å². The zero-order valence-electron chi connectivity index (χ0n) is 10.2. The normalized spacial score (nSPS) is 10.3. The van der Waals surface area contributed by atoms with E-state index in [1.54, 1.807) is 0 Å². The number of nitro benzene ring substituents is 1. The molecule has 2 aromatic carbocycles. The molecule has 0 amide bonds. The molecule has 0 aliphatic rings. The lowest BCUT2D eigenvalue weighted by molar-refractivity contribution is -0.385. The molecule has 2 rings (SSSR count). The molecule has 0 heterocycles. The molecule has 2 aromatic rings. The Labute approximate surface area is 112 Å². The number of para-hydroxylation sites is 1. The van der Waals surface area contributed by atoms with Crippen LogP contribution in [0.1, 0.15) is 5.56 Å². The number of nitrogens with zero attached hydrogens (tertiary/aromatic N) is 1. The highest BCUT2D eigenvalue weighted by Gasteiger charge is 2.19. The van der Waals surface area contributed by atoms with Crippen molar-refractivity contribution in [1.82, 2.24) is 0 Å². The van der Waals surface area contributed by atoms with E-state index >= 15 is 0 Å². The van der Waals surface area contributed by atoms with Crippen LogP contribution in [-0.4, -0.2) is 4.92 Å². The number of benzene rings is 2. The van der Waals surface area contributed by atoms with Crippen LogP contribution in [-0.2, 0) is 6.54 Å². The molecule has 2 N–H and O–H groups in total. The van der Waals surface area contributed by atoms with Crippen molar-refractivity contribution in [3.8, 4) is 11.5 Å². The minimum absolute atomic E-state index is 0.00207. The summed E-state index contributed by atoms with van der Waals surface area (Å²) < 4.78 is 31.9. The summed E-state index contributed by atoms with van der Waals surface area (Å²) in [6.45, 7) is 0.00207. The first-order valence-electron chi connectivity index (χ1n) is 5.62. The van der Waals surface area contributed by atoms with Crippen LogP contribution in [0.2, 0.25) is 0 Å². The van der Waals surface area contributed by atoms with Gasteiger partial charge < -0.3 is 10.5 Å². The number of rotatable bonds is 4. The standard InChI is InChI=1S/C13H10F2N2O3/c14-9-4-5-12(11(6-9)17(18)19)20-13-8(7-16)2-1-3-10(13)15/h1-6H,7,16H2. The van der Waals surface area contributed by atoms with Crippen LogP contribution in [0.15, 0.2) is 36.4 Å². The van der Waals surface area contributed by atoms with E-state index in [0.29, 0.717) is 11.6 Å². The van der Waals surface area contributed by atoms with Gasteiger partial charge >= 0.3 is 5.69 Å². The fourth-order valence-electron chi connectivity index (χ4n) is 1.66. The maximum Gasteiger partial charge on any atom is 0.314 e. The summed E-state index contributed by atoms with van der Waals surface area (Å²) in [4.78, 5) is 10.0. The van der Waals surface area contributed by atoms with E-state index in [9.17, 15) is 18.9 Å². The number of hydrogen-bond donors (Lipinski definition) is 1. The summed E-state index contributed by atoms with van der Waals surface area (Å²) >= 11 is 0. The molecule has 0 fully saturated rings. The summed E-state index contributed by atoms with van der Waals surface area (Å²) in [7, 11) is 0. The molecule has 0 atom stereocenters. The van der Waals surface area contributed by atoms with Gasteiger partial charge in [0.2, 0.25) is 5.75 Å². The monoisotopic (exact) mass is 280 g/mol. The van der Waals surface area contributed by atoms with Gasteiger partial charge in [-0.25, -0.2) is 8.78 Å². The average molecular weight is 280 g/mol. The third kappa shape index (κ3) is 2.72. The first-order chi connectivity index (χ1) is 9.52. The van der Waals surface area contributed by atoms with Crippen molar-refractivity contribution in [1.29, 1.82) is 0 Å². The van der Waals surface area contributed by atoms with E-state index in [-0.39, 0.29) is 18.0 Å². The number of halogens is 2. The molecule has 7 heteroatoms. The first-order valence-corrected chi connectivity index (χ1v) is 5.62. The fourth-order valence-corrected chi connectivity index (χ4v) is 1.66. The molecule has 0 unspecified atom stereocenters. The van der Waals surface area contributed by atoms with Gasteiger partial charge in [0, 0.05) is 12.1 Å². The van der Waals surface area contributed by atoms with Gasteiger partial charge in [0.1, 0.15) is 5.82 Å². The highest BCUT2D eigenvalue weighted by Crippen LogP contribution is 2.34. The summed E-state index contributed by atoms with van der Waals surface area (Å²) in [6, 6.07) is 6.89. The van der Waals surface area contributed by atoms with Crippen molar-refractivity contribution in [2.45, 2.75) is 6.54 Å². The maximum atomic E-state index is 13.7. The van der Waals surface area contributed by atoms with E-state index < -0.39 is 22.2 Å². The van der Waals surface area contributed by atoms with E-state index in [1.165, 1.54) is 12.1 Å². The Morgan fingerprint density at radius 3 is 2.65 bits per heavy atom. The highest BCUT2D eigenvalue weighted by atomic mass is 19.1. The second-order valence-corrected chi connectivity index (χ2v) is 3.90. The van der Waals surface area contributed by atoms with Crippen LogP contribution in [0, 0.1) is 21.7 Å². The molecule has 20 heavy (non-hydrogen) atoms. The number of nitrogens with two attached hydrogens (primary N) is 1. The molecule has 0 saturated carbocycles. The minimum atomic E-state index is -0.804.